The van der Waals surface area contributed by atoms with E-state index in [9.17, 15) is 32.7 Å². The van der Waals surface area contributed by atoms with Gasteiger partial charge in [-0.2, -0.15) is 13.2 Å². The Hall–Kier alpha value is -3.57. The van der Waals surface area contributed by atoms with Crippen LogP contribution in [0.15, 0.2) is 45.5 Å². The average molecular weight is 541 g/mol. The second kappa shape index (κ2) is 13.3. The van der Waals surface area contributed by atoms with E-state index >= 15 is 0 Å². The smallest absolute Gasteiger partial charge is 0.389 e. The Morgan fingerprint density at radius 3 is 2.50 bits per heavy atom. The Bertz CT molecular complexity index is 1240. The lowest BCUT2D eigenvalue weighted by Gasteiger charge is -2.21. The molecule has 0 aliphatic rings. The van der Waals surface area contributed by atoms with Crippen LogP contribution >= 0.6 is 0 Å². The Labute approximate surface area is 218 Å². The number of aryl methyl sites for hydroxylation is 2. The van der Waals surface area contributed by atoms with Crippen molar-refractivity contribution in [3.05, 3.63) is 62.3 Å². The van der Waals surface area contributed by atoms with Crippen molar-refractivity contribution in [1.82, 2.24) is 14.3 Å². The number of nitrogens with one attached hydrogen (secondary N) is 1. The summed E-state index contributed by atoms with van der Waals surface area (Å²) >= 11 is 0. The summed E-state index contributed by atoms with van der Waals surface area (Å²) in [5.41, 5.74) is -0.924. The van der Waals surface area contributed by atoms with E-state index in [2.05, 4.69) is 10.4 Å². The third-order valence-corrected chi connectivity index (χ3v) is 5.60. The largest absolute Gasteiger partial charge is 0.478 e. The minimum atomic E-state index is -4.35. The molecule has 1 aromatic carbocycles. The fourth-order valence-corrected chi connectivity index (χ4v) is 3.44. The van der Waals surface area contributed by atoms with E-state index in [4.69, 9.17) is 4.74 Å². The highest BCUT2D eigenvalue weighted by Gasteiger charge is 2.29. The Morgan fingerprint density at radius 1 is 1.16 bits per heavy atom. The number of aromatic nitrogens is 3. The van der Waals surface area contributed by atoms with Crippen molar-refractivity contribution in [2.24, 2.45) is 0 Å². The van der Waals surface area contributed by atoms with Crippen molar-refractivity contribution in [3.8, 4) is 5.75 Å². The number of unbranched alkanes of at least 4 members (excludes halogenated alkanes) is 1. The van der Waals surface area contributed by atoms with Gasteiger partial charge in [-0.05, 0) is 71.1 Å². The summed E-state index contributed by atoms with van der Waals surface area (Å²) in [6, 6.07) is 7.14. The fourth-order valence-electron chi connectivity index (χ4n) is 3.44. The molecule has 0 unspecified atom stereocenters. The van der Waals surface area contributed by atoms with Crippen LogP contribution < -0.4 is 21.3 Å². The maximum Gasteiger partial charge on any atom is 0.389 e. The number of hydrogen-bond acceptors (Lipinski definition) is 6. The molecule has 1 heterocycles. The third-order valence-electron chi connectivity index (χ3n) is 5.60. The molecule has 0 aliphatic heterocycles. The predicted molar refractivity (Wildman–Crippen MR) is 138 cm³/mol. The van der Waals surface area contributed by atoms with Gasteiger partial charge < -0.3 is 15.2 Å². The molecular weight excluding hydrogens is 505 g/mol. The monoisotopic (exact) mass is 540 g/mol. The van der Waals surface area contributed by atoms with Crippen LogP contribution in [0.1, 0.15) is 58.9 Å². The van der Waals surface area contributed by atoms with E-state index < -0.39 is 35.4 Å². The van der Waals surface area contributed by atoms with Crippen LogP contribution in [0.25, 0.3) is 0 Å². The van der Waals surface area contributed by atoms with Crippen molar-refractivity contribution >= 4 is 11.8 Å². The summed E-state index contributed by atoms with van der Waals surface area (Å²) in [5, 5.41) is 16.2. The lowest BCUT2D eigenvalue weighted by atomic mass is 10.1. The van der Waals surface area contributed by atoms with E-state index in [1.807, 2.05) is 19.9 Å². The highest BCUT2D eigenvalue weighted by molar-refractivity contribution is 5.76. The molecule has 0 atom stereocenters. The number of alkyl halides is 3. The Kier molecular flexibility index (Phi) is 10.7. The molecule has 2 N–H and O–H groups in total. The lowest BCUT2D eigenvalue weighted by Crippen LogP contribution is -2.42. The van der Waals surface area contributed by atoms with Crippen molar-refractivity contribution in [2.45, 2.75) is 84.7 Å². The van der Waals surface area contributed by atoms with Gasteiger partial charge in [0.2, 0.25) is 5.82 Å². The quantitative estimate of drug-likeness (QED) is 0.270. The standard InChI is InChI=1S/C26H35F3N4O5/c1-18(2)12-16-32-22(34)21(31-33(24(32)37)15-8-13-26(27,28)29)30-14-6-5-9-19-10-7-11-20(17-19)38-25(3,4)23(35)36/h7,10-12,17H,5-6,8-9,13-16H2,1-4H3,(H,30,31)(H,35,36). The SMILES string of the molecule is CC(C)=CCn1c(=O)c(NCCCCc2cccc(OC(C)(C)C(=O)O)c2)nn(CCCC(F)(F)F)c1=O. The fraction of sp³-hybridized carbons (Fsp3) is 0.538. The van der Waals surface area contributed by atoms with Gasteiger partial charge in [-0.25, -0.2) is 14.3 Å². The average Bonchev–Trinajstić information content (AvgIpc) is 2.80. The van der Waals surface area contributed by atoms with Crippen LogP contribution in [0.2, 0.25) is 0 Å². The first-order valence-corrected chi connectivity index (χ1v) is 12.4. The normalized spacial score (nSPS) is 11.8. The molecular formula is C26H35F3N4O5. The van der Waals surface area contributed by atoms with Crippen molar-refractivity contribution in [1.29, 1.82) is 0 Å². The number of hydrogen-bond donors (Lipinski definition) is 2. The summed E-state index contributed by atoms with van der Waals surface area (Å²) in [5.74, 6) is -0.721. The van der Waals surface area contributed by atoms with Crippen molar-refractivity contribution in [2.75, 3.05) is 11.9 Å². The molecule has 2 rings (SSSR count). The first-order valence-electron chi connectivity index (χ1n) is 12.4. The molecule has 210 valence electrons. The van der Waals surface area contributed by atoms with Crippen LogP contribution in [0.4, 0.5) is 19.0 Å². The second-order valence-corrected chi connectivity index (χ2v) is 9.72. The zero-order valence-corrected chi connectivity index (χ0v) is 22.1. The van der Waals surface area contributed by atoms with E-state index in [-0.39, 0.29) is 25.3 Å². The molecule has 2 aromatic rings. The van der Waals surface area contributed by atoms with Gasteiger partial charge in [-0.1, -0.05) is 23.8 Å². The summed E-state index contributed by atoms with van der Waals surface area (Å²) in [7, 11) is 0. The summed E-state index contributed by atoms with van der Waals surface area (Å²) in [6.45, 7) is 6.63. The minimum Gasteiger partial charge on any atom is -0.478 e. The maximum atomic E-state index is 12.8. The molecule has 0 saturated heterocycles. The molecule has 0 radical (unpaired) electrons. The number of carbonyl (C=O) groups is 1. The zero-order chi connectivity index (χ0) is 28.5. The number of allylic oxidation sites excluding steroid dienone is 2. The molecule has 0 amide bonds. The number of aliphatic carboxylic acids is 1. The molecule has 0 fully saturated rings. The van der Waals surface area contributed by atoms with E-state index in [1.165, 1.54) is 13.8 Å². The number of rotatable bonds is 14. The lowest BCUT2D eigenvalue weighted by molar-refractivity contribution is -0.152. The molecule has 9 nitrogen and oxygen atoms in total. The van der Waals surface area contributed by atoms with Gasteiger partial charge in [0, 0.05) is 26.1 Å². The highest BCUT2D eigenvalue weighted by atomic mass is 19.4. The molecule has 0 spiro atoms. The highest BCUT2D eigenvalue weighted by Crippen LogP contribution is 2.22. The van der Waals surface area contributed by atoms with E-state index in [1.54, 1.807) is 24.3 Å². The topological polar surface area (TPSA) is 115 Å². The number of carboxylic acids is 1. The number of ether oxygens (including phenoxy) is 1. The molecule has 0 saturated carbocycles. The number of halogens is 3. The second-order valence-electron chi connectivity index (χ2n) is 9.72. The van der Waals surface area contributed by atoms with Gasteiger partial charge in [0.1, 0.15) is 5.75 Å². The molecule has 0 bridgehead atoms. The summed E-state index contributed by atoms with van der Waals surface area (Å²) < 4.78 is 45.1. The Balaban J connectivity index is 2.04. The van der Waals surface area contributed by atoms with Crippen LogP contribution in [-0.2, 0) is 24.3 Å². The van der Waals surface area contributed by atoms with Crippen LogP contribution in [0, 0.1) is 0 Å². The first kappa shape index (κ1) is 30.7. The first-order chi connectivity index (χ1) is 17.7. The number of nitrogens with zero attached hydrogens (tertiary/aromatic N) is 3. The van der Waals surface area contributed by atoms with Crippen molar-refractivity contribution in [3.63, 3.8) is 0 Å². The zero-order valence-electron chi connectivity index (χ0n) is 22.1. The molecule has 12 heteroatoms. The summed E-state index contributed by atoms with van der Waals surface area (Å²) in [6.07, 6.45) is -2.03. The predicted octanol–water partition coefficient (Wildman–Crippen LogP) is 4.39. The minimum absolute atomic E-state index is 0.00638. The van der Waals surface area contributed by atoms with Gasteiger partial charge in [0.15, 0.2) is 5.60 Å². The van der Waals surface area contributed by atoms with Gasteiger partial charge in [-0.3, -0.25) is 9.36 Å². The van der Waals surface area contributed by atoms with Crippen LogP contribution in [0.3, 0.4) is 0 Å². The van der Waals surface area contributed by atoms with Crippen LogP contribution in [0.5, 0.6) is 5.75 Å². The van der Waals surface area contributed by atoms with Gasteiger partial charge in [0.25, 0.3) is 5.56 Å². The number of carboxylic acid groups (broad SMARTS) is 1. The van der Waals surface area contributed by atoms with Crippen LogP contribution in [-0.4, -0.2) is 43.7 Å². The summed E-state index contributed by atoms with van der Waals surface area (Å²) in [4.78, 5) is 36.8. The Morgan fingerprint density at radius 2 is 1.87 bits per heavy atom. The maximum absolute atomic E-state index is 12.8. The van der Waals surface area contributed by atoms with Gasteiger partial charge >= 0.3 is 17.8 Å². The molecule has 38 heavy (non-hydrogen) atoms. The van der Waals surface area contributed by atoms with E-state index in [0.717, 1.165) is 26.8 Å². The number of anilines is 1. The van der Waals surface area contributed by atoms with Gasteiger partial charge in [-0.15, -0.1) is 5.10 Å². The molecule has 0 aliphatic carbocycles. The molecule has 1 aromatic heterocycles. The third kappa shape index (κ3) is 9.71. The number of benzene rings is 1. The van der Waals surface area contributed by atoms with Crippen molar-refractivity contribution < 1.29 is 27.8 Å². The van der Waals surface area contributed by atoms with Gasteiger partial charge in [0.05, 0.1) is 0 Å². The van der Waals surface area contributed by atoms with E-state index in [0.29, 0.717) is 25.1 Å².